The van der Waals surface area contributed by atoms with Crippen LogP contribution < -0.4 is 15.4 Å². The first-order valence-electron chi connectivity index (χ1n) is 9.08. The molecule has 1 amide bonds. The third kappa shape index (κ3) is 5.51. The Hall–Kier alpha value is -2.98. The van der Waals surface area contributed by atoms with E-state index in [1.165, 1.54) is 0 Å². The number of halogens is 1. The summed E-state index contributed by atoms with van der Waals surface area (Å²) in [6, 6.07) is 21.1. The van der Waals surface area contributed by atoms with E-state index in [9.17, 15) is 4.79 Å². The normalized spacial score (nSPS) is 10.4. The fraction of sp³-hybridized carbons (Fsp3) is 0.174. The first kappa shape index (κ1) is 19.8. The topological polar surface area (TPSA) is 50.4 Å². The van der Waals surface area contributed by atoms with Gasteiger partial charge in [-0.25, -0.2) is 0 Å². The van der Waals surface area contributed by atoms with E-state index in [0.717, 1.165) is 33.1 Å². The molecule has 0 fully saturated rings. The van der Waals surface area contributed by atoms with Crippen molar-refractivity contribution < 1.29 is 9.53 Å². The Bertz CT molecular complexity index is 955. The molecule has 0 atom stereocenters. The van der Waals surface area contributed by atoms with Crippen LogP contribution in [-0.2, 0) is 11.3 Å². The number of hydrogen-bond donors (Lipinski definition) is 2. The molecule has 2 N–H and O–H groups in total. The molecule has 28 heavy (non-hydrogen) atoms. The highest BCUT2D eigenvalue weighted by Gasteiger charge is 2.05. The van der Waals surface area contributed by atoms with Crippen molar-refractivity contribution in [1.29, 1.82) is 0 Å². The smallest absolute Gasteiger partial charge is 0.262 e. The van der Waals surface area contributed by atoms with Crippen molar-refractivity contribution >= 4 is 28.9 Å². The number of ether oxygens (including phenoxy) is 1. The standard InChI is InChI=1S/C23H23ClN2O2/c1-16-5-3-6-19(13-16)26-23(27)15-28-20-11-9-18(10-12-20)14-25-22-8-4-7-21(24)17(22)2/h3-13,25H,14-15H2,1-2H3,(H,26,27). The number of hydrogen-bond acceptors (Lipinski definition) is 3. The van der Waals surface area contributed by atoms with Crippen LogP contribution in [0.15, 0.2) is 66.7 Å². The molecule has 0 spiro atoms. The molecular weight excluding hydrogens is 372 g/mol. The lowest BCUT2D eigenvalue weighted by Crippen LogP contribution is -2.20. The second-order valence-corrected chi connectivity index (χ2v) is 7.02. The zero-order chi connectivity index (χ0) is 19.9. The van der Waals surface area contributed by atoms with Gasteiger partial charge < -0.3 is 15.4 Å². The van der Waals surface area contributed by atoms with Gasteiger partial charge in [0.2, 0.25) is 0 Å². The Balaban J connectivity index is 1.49. The highest BCUT2D eigenvalue weighted by Crippen LogP contribution is 2.23. The minimum atomic E-state index is -0.187. The average Bonchev–Trinajstić information content (AvgIpc) is 2.68. The van der Waals surface area contributed by atoms with Crippen LogP contribution in [0.4, 0.5) is 11.4 Å². The van der Waals surface area contributed by atoms with Crippen molar-refractivity contribution in [1.82, 2.24) is 0 Å². The molecule has 5 heteroatoms. The van der Waals surface area contributed by atoms with Crippen LogP contribution >= 0.6 is 11.6 Å². The number of carbonyl (C=O) groups excluding carboxylic acids is 1. The van der Waals surface area contributed by atoms with E-state index in [0.29, 0.717) is 12.3 Å². The lowest BCUT2D eigenvalue weighted by Gasteiger charge is -2.11. The Kier molecular flexibility index (Phi) is 6.56. The first-order chi connectivity index (χ1) is 13.5. The van der Waals surface area contributed by atoms with Crippen LogP contribution in [0.5, 0.6) is 5.75 Å². The zero-order valence-corrected chi connectivity index (χ0v) is 16.7. The van der Waals surface area contributed by atoms with Crippen LogP contribution in [0.25, 0.3) is 0 Å². The lowest BCUT2D eigenvalue weighted by atomic mass is 10.1. The Morgan fingerprint density at radius 1 is 1.00 bits per heavy atom. The van der Waals surface area contributed by atoms with Crippen molar-refractivity contribution in [2.45, 2.75) is 20.4 Å². The maximum atomic E-state index is 12.0. The molecule has 4 nitrogen and oxygen atoms in total. The van der Waals surface area contributed by atoms with Crippen molar-refractivity contribution in [3.05, 3.63) is 88.4 Å². The van der Waals surface area contributed by atoms with Gasteiger partial charge in [0.15, 0.2) is 6.61 Å². The minimum absolute atomic E-state index is 0.0345. The van der Waals surface area contributed by atoms with Crippen LogP contribution in [0, 0.1) is 13.8 Å². The van der Waals surface area contributed by atoms with Crippen LogP contribution in [0.2, 0.25) is 5.02 Å². The predicted molar refractivity (Wildman–Crippen MR) is 115 cm³/mol. The minimum Gasteiger partial charge on any atom is -0.484 e. The fourth-order valence-electron chi connectivity index (χ4n) is 2.77. The van der Waals surface area contributed by atoms with Crippen LogP contribution in [0.3, 0.4) is 0 Å². The highest BCUT2D eigenvalue weighted by atomic mass is 35.5. The number of carbonyl (C=O) groups is 1. The predicted octanol–water partition coefficient (Wildman–Crippen LogP) is 5.59. The monoisotopic (exact) mass is 394 g/mol. The van der Waals surface area contributed by atoms with Crippen molar-refractivity contribution in [3.63, 3.8) is 0 Å². The summed E-state index contributed by atoms with van der Waals surface area (Å²) in [6.07, 6.45) is 0. The number of nitrogens with one attached hydrogen (secondary N) is 2. The second-order valence-electron chi connectivity index (χ2n) is 6.62. The lowest BCUT2D eigenvalue weighted by molar-refractivity contribution is -0.118. The molecule has 0 aliphatic rings. The summed E-state index contributed by atoms with van der Waals surface area (Å²) in [4.78, 5) is 12.0. The average molecular weight is 395 g/mol. The van der Waals surface area contributed by atoms with Crippen molar-refractivity contribution in [2.75, 3.05) is 17.2 Å². The zero-order valence-electron chi connectivity index (χ0n) is 16.0. The summed E-state index contributed by atoms with van der Waals surface area (Å²) >= 11 is 6.15. The molecule has 3 aromatic carbocycles. The summed E-state index contributed by atoms with van der Waals surface area (Å²) in [5, 5.41) is 6.96. The van der Waals surface area contributed by atoms with Gasteiger partial charge in [-0.15, -0.1) is 0 Å². The number of benzene rings is 3. The molecule has 0 radical (unpaired) electrons. The van der Waals surface area contributed by atoms with Gasteiger partial charge in [-0.2, -0.15) is 0 Å². The number of amides is 1. The molecule has 0 unspecified atom stereocenters. The highest BCUT2D eigenvalue weighted by molar-refractivity contribution is 6.31. The van der Waals surface area contributed by atoms with Crippen molar-refractivity contribution in [3.8, 4) is 5.75 Å². The summed E-state index contributed by atoms with van der Waals surface area (Å²) < 4.78 is 5.57. The SMILES string of the molecule is Cc1cccc(NC(=O)COc2ccc(CNc3cccc(Cl)c3C)cc2)c1. The molecule has 0 aromatic heterocycles. The van der Waals surface area contributed by atoms with Gasteiger partial charge in [-0.3, -0.25) is 4.79 Å². The molecule has 0 aliphatic heterocycles. The molecule has 0 saturated carbocycles. The van der Waals surface area contributed by atoms with Gasteiger partial charge in [0.05, 0.1) is 0 Å². The second kappa shape index (κ2) is 9.29. The largest absolute Gasteiger partial charge is 0.484 e. The number of aryl methyl sites for hydroxylation is 1. The van der Waals surface area contributed by atoms with Gasteiger partial charge in [0, 0.05) is 22.9 Å². The fourth-order valence-corrected chi connectivity index (χ4v) is 2.94. The Morgan fingerprint density at radius 2 is 1.75 bits per heavy atom. The molecule has 3 rings (SSSR count). The summed E-state index contributed by atoms with van der Waals surface area (Å²) in [7, 11) is 0. The third-order valence-corrected chi connectivity index (χ3v) is 4.76. The van der Waals surface area contributed by atoms with E-state index in [4.69, 9.17) is 16.3 Å². The Labute approximate surface area is 170 Å². The van der Waals surface area contributed by atoms with Crippen molar-refractivity contribution in [2.24, 2.45) is 0 Å². The van der Waals surface area contributed by atoms with E-state index in [-0.39, 0.29) is 12.5 Å². The third-order valence-electron chi connectivity index (χ3n) is 4.35. The molecule has 144 valence electrons. The van der Waals surface area contributed by atoms with Crippen LogP contribution in [0.1, 0.15) is 16.7 Å². The maximum Gasteiger partial charge on any atom is 0.262 e. The summed E-state index contributed by atoms with van der Waals surface area (Å²) in [5.74, 6) is 0.467. The molecule has 0 saturated heterocycles. The molecule has 3 aromatic rings. The van der Waals surface area contributed by atoms with E-state index in [1.54, 1.807) is 0 Å². The van der Waals surface area contributed by atoms with Gasteiger partial charge in [0.1, 0.15) is 5.75 Å². The van der Waals surface area contributed by atoms with E-state index in [2.05, 4.69) is 10.6 Å². The van der Waals surface area contributed by atoms with Crippen LogP contribution in [-0.4, -0.2) is 12.5 Å². The number of rotatable bonds is 7. The molecule has 0 bridgehead atoms. The quantitative estimate of drug-likeness (QED) is 0.549. The molecular formula is C23H23ClN2O2. The van der Waals surface area contributed by atoms with E-state index >= 15 is 0 Å². The summed E-state index contributed by atoms with van der Waals surface area (Å²) in [5.41, 5.74) is 5.02. The first-order valence-corrected chi connectivity index (χ1v) is 9.46. The maximum absolute atomic E-state index is 12.0. The summed E-state index contributed by atoms with van der Waals surface area (Å²) in [6.45, 7) is 4.61. The van der Waals surface area contributed by atoms with Gasteiger partial charge in [0.25, 0.3) is 5.91 Å². The van der Waals surface area contributed by atoms with Gasteiger partial charge in [-0.05, 0) is 66.9 Å². The number of anilines is 2. The van der Waals surface area contributed by atoms with Gasteiger partial charge in [-0.1, -0.05) is 41.9 Å². The Morgan fingerprint density at radius 3 is 2.50 bits per heavy atom. The molecule has 0 heterocycles. The molecule has 0 aliphatic carbocycles. The van der Waals surface area contributed by atoms with Gasteiger partial charge >= 0.3 is 0 Å². The van der Waals surface area contributed by atoms with E-state index in [1.807, 2.05) is 80.6 Å². The van der Waals surface area contributed by atoms with E-state index < -0.39 is 0 Å².